The normalized spacial score (nSPS) is 32.3. The van der Waals surface area contributed by atoms with E-state index in [9.17, 15) is 14.7 Å². The summed E-state index contributed by atoms with van der Waals surface area (Å²) in [6.07, 6.45) is 4.63. The van der Waals surface area contributed by atoms with E-state index >= 15 is 0 Å². The maximum absolute atomic E-state index is 12.4. The van der Waals surface area contributed by atoms with Gasteiger partial charge in [0.15, 0.2) is 0 Å². The lowest BCUT2D eigenvalue weighted by Crippen LogP contribution is -2.55. The number of allylic oxidation sites excluding steroid dienone is 1. The number of carbonyl (C=O) groups is 2. The molecule has 1 saturated carbocycles. The molecule has 0 aliphatic heterocycles. The maximum Gasteiger partial charge on any atom is 0.333 e. The Kier molecular flexibility index (Phi) is 5.71. The van der Waals surface area contributed by atoms with Crippen molar-refractivity contribution in [1.29, 1.82) is 0 Å². The van der Waals surface area contributed by atoms with E-state index in [1.165, 1.54) is 6.92 Å². The molecule has 1 N–H and O–H groups in total. The fourth-order valence-electron chi connectivity index (χ4n) is 5.02. The van der Waals surface area contributed by atoms with E-state index in [-0.39, 0.29) is 30.4 Å². The van der Waals surface area contributed by atoms with Crippen LogP contribution in [0, 0.1) is 24.2 Å². The monoisotopic (exact) mass is 390 g/mol. The van der Waals surface area contributed by atoms with Gasteiger partial charge >= 0.3 is 11.9 Å². The van der Waals surface area contributed by atoms with Crippen LogP contribution >= 0.6 is 0 Å². The van der Waals surface area contributed by atoms with E-state index in [0.29, 0.717) is 12.0 Å². The summed E-state index contributed by atoms with van der Waals surface area (Å²) in [6.45, 7) is 8.73. The molecule has 3 rings (SSSR count). The molecule has 2 aliphatic rings. The third-order valence-electron chi connectivity index (χ3n) is 6.78. The molecule has 1 aromatic heterocycles. The molecule has 2 aliphatic carbocycles. The van der Waals surface area contributed by atoms with Gasteiger partial charge in [-0.15, -0.1) is 0 Å². The number of esters is 2. The second-order valence-corrected chi connectivity index (χ2v) is 8.29. The van der Waals surface area contributed by atoms with Crippen molar-refractivity contribution in [3.63, 3.8) is 0 Å². The van der Waals surface area contributed by atoms with Crippen LogP contribution in [-0.2, 0) is 25.5 Å². The van der Waals surface area contributed by atoms with E-state index in [1.807, 2.05) is 13.8 Å². The van der Waals surface area contributed by atoms with Crippen LogP contribution in [0.3, 0.4) is 0 Å². The highest BCUT2D eigenvalue weighted by atomic mass is 16.6. The lowest BCUT2D eigenvalue weighted by atomic mass is 9.53. The zero-order chi connectivity index (χ0) is 20.6. The summed E-state index contributed by atoms with van der Waals surface area (Å²) in [4.78, 5) is 24.3. The highest BCUT2D eigenvalue weighted by Gasteiger charge is 2.59. The molecule has 0 amide bonds. The highest BCUT2D eigenvalue weighted by Crippen LogP contribution is 2.60. The Morgan fingerprint density at radius 3 is 2.64 bits per heavy atom. The van der Waals surface area contributed by atoms with Gasteiger partial charge in [0.1, 0.15) is 18.0 Å². The number of fused-ring (bicyclic) bond motifs is 2. The van der Waals surface area contributed by atoms with E-state index in [1.54, 1.807) is 26.2 Å². The summed E-state index contributed by atoms with van der Waals surface area (Å²) in [5.41, 5.74) is 1.80. The Balaban J connectivity index is 2.02. The summed E-state index contributed by atoms with van der Waals surface area (Å²) in [7, 11) is 0. The van der Waals surface area contributed by atoms with Gasteiger partial charge in [0.25, 0.3) is 0 Å². The summed E-state index contributed by atoms with van der Waals surface area (Å²) >= 11 is 0. The number of aliphatic hydroxyl groups is 1. The first kappa shape index (κ1) is 20.6. The van der Waals surface area contributed by atoms with E-state index in [4.69, 9.17) is 13.9 Å². The number of carbonyl (C=O) groups excluding carboxylic acids is 2. The largest absolute Gasteiger partial charge is 0.469 e. The predicted molar refractivity (Wildman–Crippen MR) is 102 cm³/mol. The van der Waals surface area contributed by atoms with Crippen molar-refractivity contribution in [3.8, 4) is 0 Å². The molecule has 6 nitrogen and oxygen atoms in total. The number of furan rings is 1. The Morgan fingerprint density at radius 2 is 2.04 bits per heavy atom. The molecule has 5 atom stereocenters. The molecule has 28 heavy (non-hydrogen) atoms. The average Bonchev–Trinajstić information content (AvgIpc) is 3.01. The van der Waals surface area contributed by atoms with Gasteiger partial charge in [-0.2, -0.15) is 0 Å². The molecule has 0 saturated heterocycles. The minimum Gasteiger partial charge on any atom is -0.469 e. The van der Waals surface area contributed by atoms with Crippen molar-refractivity contribution in [2.75, 3.05) is 6.61 Å². The van der Waals surface area contributed by atoms with E-state index in [0.717, 1.165) is 29.7 Å². The van der Waals surface area contributed by atoms with Gasteiger partial charge in [-0.1, -0.05) is 13.0 Å². The number of hydrogen-bond acceptors (Lipinski definition) is 6. The van der Waals surface area contributed by atoms with Crippen molar-refractivity contribution in [2.24, 2.45) is 17.3 Å². The van der Waals surface area contributed by atoms with Gasteiger partial charge in [-0.25, -0.2) is 4.79 Å². The van der Waals surface area contributed by atoms with Gasteiger partial charge in [-0.3, -0.25) is 4.79 Å². The van der Waals surface area contributed by atoms with Gasteiger partial charge < -0.3 is 19.0 Å². The molecule has 1 aromatic rings. The first-order valence-corrected chi connectivity index (χ1v) is 9.92. The van der Waals surface area contributed by atoms with E-state index < -0.39 is 17.6 Å². The van der Waals surface area contributed by atoms with Crippen molar-refractivity contribution >= 4 is 11.9 Å². The van der Waals surface area contributed by atoms with Gasteiger partial charge in [-0.05, 0) is 45.1 Å². The summed E-state index contributed by atoms with van der Waals surface area (Å²) in [5, 5.41) is 10.3. The molecule has 0 bridgehead atoms. The van der Waals surface area contributed by atoms with Crippen molar-refractivity contribution in [1.82, 2.24) is 0 Å². The molecule has 1 heterocycles. The molecule has 0 aromatic carbocycles. The third-order valence-corrected chi connectivity index (χ3v) is 6.78. The SMILES string of the molecule is CC=C(C)C(=O)OC1CCC2Cc3occ(C)c3C(OC(C)=O)C2(C)C1CO. The molecule has 5 unspecified atom stereocenters. The van der Waals surface area contributed by atoms with Crippen LogP contribution in [0.15, 0.2) is 22.3 Å². The van der Waals surface area contributed by atoms with Crippen molar-refractivity contribution < 1.29 is 28.6 Å². The fraction of sp³-hybridized carbons (Fsp3) is 0.636. The number of rotatable bonds is 4. The standard InChI is InChI=1S/C22H30O6/c1-6-12(2)21(25)28-17-8-7-15-9-18-19(13(3)11-26-18)20(27-14(4)24)22(15,5)16(17)10-23/h6,11,15-17,20,23H,7-10H2,1-5H3. The zero-order valence-electron chi connectivity index (χ0n) is 17.3. The van der Waals surface area contributed by atoms with Crippen LogP contribution in [0.1, 0.15) is 63.5 Å². The van der Waals surface area contributed by atoms with Crippen LogP contribution in [0.25, 0.3) is 0 Å². The summed E-state index contributed by atoms with van der Waals surface area (Å²) in [5.74, 6) is -0.0772. The number of aliphatic hydroxyl groups excluding tert-OH is 1. The van der Waals surface area contributed by atoms with E-state index in [2.05, 4.69) is 0 Å². The lowest BCUT2D eigenvalue weighted by Gasteiger charge is -2.55. The fourth-order valence-corrected chi connectivity index (χ4v) is 5.02. The van der Waals surface area contributed by atoms with Crippen molar-refractivity contribution in [3.05, 3.63) is 34.8 Å². The minimum atomic E-state index is -0.560. The van der Waals surface area contributed by atoms with Crippen LogP contribution < -0.4 is 0 Å². The molecule has 6 heteroatoms. The first-order chi connectivity index (χ1) is 13.2. The quantitative estimate of drug-likeness (QED) is 0.624. The summed E-state index contributed by atoms with van der Waals surface area (Å²) < 4.78 is 17.4. The molecule has 0 spiro atoms. The van der Waals surface area contributed by atoms with Crippen LogP contribution in [-0.4, -0.2) is 29.8 Å². The van der Waals surface area contributed by atoms with Gasteiger partial charge in [0, 0.05) is 35.8 Å². The minimum absolute atomic E-state index is 0.149. The maximum atomic E-state index is 12.4. The van der Waals surface area contributed by atoms with Crippen LogP contribution in [0.4, 0.5) is 0 Å². The molecular weight excluding hydrogens is 360 g/mol. The Morgan fingerprint density at radius 1 is 1.32 bits per heavy atom. The summed E-state index contributed by atoms with van der Waals surface area (Å²) in [6, 6.07) is 0. The average molecular weight is 390 g/mol. The topological polar surface area (TPSA) is 86.0 Å². The Hall–Kier alpha value is -2.08. The predicted octanol–water partition coefficient (Wildman–Crippen LogP) is 3.65. The molecule has 1 fully saturated rings. The van der Waals surface area contributed by atoms with Crippen molar-refractivity contribution in [2.45, 2.75) is 66.1 Å². The smallest absolute Gasteiger partial charge is 0.333 e. The van der Waals surface area contributed by atoms with Crippen LogP contribution in [0.5, 0.6) is 0 Å². The van der Waals surface area contributed by atoms with Crippen LogP contribution in [0.2, 0.25) is 0 Å². The Bertz CT molecular complexity index is 791. The third kappa shape index (κ3) is 3.28. The second kappa shape index (κ2) is 7.74. The Labute approximate surface area is 165 Å². The zero-order valence-corrected chi connectivity index (χ0v) is 17.3. The molecular formula is C22H30O6. The number of aryl methyl sites for hydroxylation is 1. The number of hydrogen-bond donors (Lipinski definition) is 1. The first-order valence-electron chi connectivity index (χ1n) is 9.92. The number of ether oxygens (including phenoxy) is 2. The van der Waals surface area contributed by atoms with Gasteiger partial charge in [0.2, 0.25) is 0 Å². The lowest BCUT2D eigenvalue weighted by molar-refractivity contribution is -0.192. The molecule has 154 valence electrons. The highest BCUT2D eigenvalue weighted by molar-refractivity contribution is 5.87. The molecule has 0 radical (unpaired) electrons. The second-order valence-electron chi connectivity index (χ2n) is 8.29. The van der Waals surface area contributed by atoms with Gasteiger partial charge in [0.05, 0.1) is 12.9 Å².